The van der Waals surface area contributed by atoms with Gasteiger partial charge in [0.15, 0.2) is 0 Å². The molecule has 0 spiro atoms. The molecule has 0 atom stereocenters. The molecular weight excluding hydrogens is 203 g/mol. The van der Waals surface area contributed by atoms with E-state index in [4.69, 9.17) is 0 Å². The molecule has 0 heterocycles. The molecule has 1 nitrogen and oxygen atoms in total. The molecular formula is C14H17FO. The molecule has 0 bridgehead atoms. The van der Waals surface area contributed by atoms with Crippen LogP contribution < -0.4 is 0 Å². The molecule has 86 valence electrons. The van der Waals surface area contributed by atoms with Crippen LogP contribution >= 0.6 is 0 Å². The lowest BCUT2D eigenvalue weighted by Gasteiger charge is -2.34. The van der Waals surface area contributed by atoms with Crippen LogP contribution in [0, 0.1) is 5.82 Å². The first-order chi connectivity index (χ1) is 7.63. The normalized spacial score (nSPS) is 19.4. The van der Waals surface area contributed by atoms with Crippen LogP contribution in [0.2, 0.25) is 0 Å². The van der Waals surface area contributed by atoms with Gasteiger partial charge < -0.3 is 5.11 Å². The highest BCUT2D eigenvalue weighted by atomic mass is 19.1. The minimum absolute atomic E-state index is 0.300. The number of hydrogen-bond acceptors (Lipinski definition) is 1. The van der Waals surface area contributed by atoms with Crippen molar-refractivity contribution < 1.29 is 9.50 Å². The Hall–Kier alpha value is -1.15. The molecule has 0 aromatic heterocycles. The largest absolute Gasteiger partial charge is 0.385 e. The quantitative estimate of drug-likeness (QED) is 0.808. The smallest absolute Gasteiger partial charge is 0.130 e. The predicted molar refractivity (Wildman–Crippen MR) is 63.5 cm³/mol. The van der Waals surface area contributed by atoms with Crippen LogP contribution in [0.5, 0.6) is 0 Å². The van der Waals surface area contributed by atoms with Crippen molar-refractivity contribution in [2.24, 2.45) is 0 Å². The van der Waals surface area contributed by atoms with Crippen molar-refractivity contribution in [1.82, 2.24) is 0 Å². The van der Waals surface area contributed by atoms with Crippen molar-refractivity contribution >= 4 is 5.57 Å². The molecule has 1 aliphatic rings. The minimum atomic E-state index is -0.902. The van der Waals surface area contributed by atoms with Gasteiger partial charge in [-0.25, -0.2) is 4.39 Å². The van der Waals surface area contributed by atoms with Crippen molar-refractivity contribution in [3.63, 3.8) is 0 Å². The van der Waals surface area contributed by atoms with Gasteiger partial charge in [-0.3, -0.25) is 0 Å². The van der Waals surface area contributed by atoms with Crippen LogP contribution in [-0.4, -0.2) is 10.7 Å². The zero-order chi connectivity index (χ0) is 11.6. The van der Waals surface area contributed by atoms with E-state index in [9.17, 15) is 9.50 Å². The first-order valence-corrected chi connectivity index (χ1v) is 5.80. The summed E-state index contributed by atoms with van der Waals surface area (Å²) in [6, 6.07) is 6.52. The number of benzene rings is 1. The molecule has 0 radical (unpaired) electrons. The van der Waals surface area contributed by atoms with E-state index >= 15 is 0 Å². The zero-order valence-corrected chi connectivity index (χ0v) is 9.38. The molecule has 1 N–H and O–H groups in total. The molecule has 1 aromatic rings. The van der Waals surface area contributed by atoms with E-state index in [1.54, 1.807) is 18.2 Å². The number of hydrogen-bond donors (Lipinski definition) is 1. The Morgan fingerprint density at radius 3 is 2.44 bits per heavy atom. The van der Waals surface area contributed by atoms with E-state index in [0.717, 1.165) is 19.3 Å². The Kier molecular flexibility index (Phi) is 3.10. The molecule has 0 saturated heterocycles. The summed E-state index contributed by atoms with van der Waals surface area (Å²) in [6.07, 6.45) is 4.52. The average Bonchev–Trinajstić information content (AvgIpc) is 2.30. The van der Waals surface area contributed by atoms with Gasteiger partial charge in [0.05, 0.1) is 5.60 Å². The summed E-state index contributed by atoms with van der Waals surface area (Å²) in [6.45, 7) is 3.89. The summed E-state index contributed by atoms with van der Waals surface area (Å²) in [7, 11) is 0. The maximum Gasteiger partial charge on any atom is 0.130 e. The molecule has 2 rings (SSSR count). The van der Waals surface area contributed by atoms with Crippen LogP contribution in [0.1, 0.15) is 37.7 Å². The van der Waals surface area contributed by atoms with E-state index in [1.165, 1.54) is 6.07 Å². The van der Waals surface area contributed by atoms with Crippen molar-refractivity contribution in [2.75, 3.05) is 0 Å². The second kappa shape index (κ2) is 4.38. The molecule has 16 heavy (non-hydrogen) atoms. The first-order valence-electron chi connectivity index (χ1n) is 5.80. The van der Waals surface area contributed by atoms with E-state index in [2.05, 4.69) is 6.58 Å². The Morgan fingerprint density at radius 2 is 1.81 bits per heavy atom. The molecule has 0 unspecified atom stereocenters. The van der Waals surface area contributed by atoms with Gasteiger partial charge in [0, 0.05) is 5.56 Å². The van der Waals surface area contributed by atoms with E-state index in [-0.39, 0.29) is 5.82 Å². The maximum absolute atomic E-state index is 13.6. The van der Waals surface area contributed by atoms with Crippen LogP contribution in [0.4, 0.5) is 4.39 Å². The molecule has 1 aliphatic carbocycles. The zero-order valence-electron chi connectivity index (χ0n) is 9.38. The Balaban J connectivity index is 2.28. The standard InChI is InChI=1S/C14H17FO/c1-11(12-7-3-4-8-13(12)15)14(16)9-5-2-6-10-14/h3-4,7-8,16H,1-2,5-6,9-10H2. The molecule has 0 amide bonds. The fraction of sp³-hybridized carbons (Fsp3) is 0.429. The Labute approximate surface area is 95.6 Å². The van der Waals surface area contributed by atoms with Gasteiger partial charge in [0.25, 0.3) is 0 Å². The van der Waals surface area contributed by atoms with Gasteiger partial charge in [-0.05, 0) is 24.5 Å². The van der Waals surface area contributed by atoms with E-state index in [1.807, 2.05) is 0 Å². The third-order valence-corrected chi connectivity index (χ3v) is 3.44. The maximum atomic E-state index is 13.6. The van der Waals surface area contributed by atoms with Crippen LogP contribution in [-0.2, 0) is 0 Å². The third-order valence-electron chi connectivity index (χ3n) is 3.44. The molecule has 2 heteroatoms. The van der Waals surface area contributed by atoms with Crippen molar-refractivity contribution in [2.45, 2.75) is 37.7 Å². The highest BCUT2D eigenvalue weighted by Crippen LogP contribution is 2.38. The summed E-state index contributed by atoms with van der Waals surface area (Å²) in [4.78, 5) is 0. The van der Waals surface area contributed by atoms with Crippen molar-refractivity contribution in [3.8, 4) is 0 Å². The summed E-state index contributed by atoms with van der Waals surface area (Å²) in [5, 5.41) is 10.5. The summed E-state index contributed by atoms with van der Waals surface area (Å²) in [5.41, 5.74) is 0.0812. The van der Waals surface area contributed by atoms with Gasteiger partial charge >= 0.3 is 0 Å². The molecule has 1 fully saturated rings. The Bertz CT molecular complexity index is 391. The highest BCUT2D eigenvalue weighted by Gasteiger charge is 2.33. The lowest BCUT2D eigenvalue weighted by Crippen LogP contribution is -2.32. The van der Waals surface area contributed by atoms with Gasteiger partial charge in [-0.1, -0.05) is 44.0 Å². The predicted octanol–water partition coefficient (Wildman–Crippen LogP) is 3.53. The lowest BCUT2D eigenvalue weighted by atomic mass is 9.77. The van der Waals surface area contributed by atoms with E-state index < -0.39 is 5.60 Å². The van der Waals surface area contributed by atoms with Crippen molar-refractivity contribution in [1.29, 1.82) is 0 Å². The van der Waals surface area contributed by atoms with Gasteiger partial charge in [0.1, 0.15) is 5.82 Å². The summed E-state index contributed by atoms with van der Waals surface area (Å²) in [5.74, 6) is -0.300. The second-order valence-corrected chi connectivity index (χ2v) is 4.55. The fourth-order valence-electron chi connectivity index (χ4n) is 2.40. The number of halogens is 1. The van der Waals surface area contributed by atoms with Gasteiger partial charge in [-0.15, -0.1) is 0 Å². The highest BCUT2D eigenvalue weighted by molar-refractivity contribution is 5.70. The fourth-order valence-corrected chi connectivity index (χ4v) is 2.40. The van der Waals surface area contributed by atoms with Crippen LogP contribution in [0.15, 0.2) is 30.8 Å². The number of rotatable bonds is 2. The third kappa shape index (κ3) is 2.03. The molecule has 1 saturated carbocycles. The Morgan fingerprint density at radius 1 is 1.19 bits per heavy atom. The molecule has 1 aromatic carbocycles. The summed E-state index contributed by atoms with van der Waals surface area (Å²) >= 11 is 0. The molecule has 0 aliphatic heterocycles. The SMILES string of the molecule is C=C(c1ccccc1F)C1(O)CCCCC1. The van der Waals surface area contributed by atoms with Crippen LogP contribution in [0.25, 0.3) is 5.57 Å². The minimum Gasteiger partial charge on any atom is -0.385 e. The van der Waals surface area contributed by atoms with Crippen molar-refractivity contribution in [3.05, 3.63) is 42.2 Å². The summed E-state index contributed by atoms with van der Waals surface area (Å²) < 4.78 is 13.6. The average molecular weight is 220 g/mol. The second-order valence-electron chi connectivity index (χ2n) is 4.55. The van der Waals surface area contributed by atoms with E-state index in [0.29, 0.717) is 24.0 Å². The number of aliphatic hydroxyl groups is 1. The van der Waals surface area contributed by atoms with Crippen LogP contribution in [0.3, 0.4) is 0 Å². The first kappa shape index (κ1) is 11.3. The van der Waals surface area contributed by atoms with Gasteiger partial charge in [-0.2, -0.15) is 0 Å². The lowest BCUT2D eigenvalue weighted by molar-refractivity contribution is 0.0614. The monoisotopic (exact) mass is 220 g/mol. The topological polar surface area (TPSA) is 20.2 Å². The van der Waals surface area contributed by atoms with Gasteiger partial charge in [0.2, 0.25) is 0 Å².